The highest BCUT2D eigenvalue weighted by atomic mass is 32.2. The highest BCUT2D eigenvalue weighted by Gasteiger charge is 2.39. The van der Waals surface area contributed by atoms with E-state index in [-0.39, 0.29) is 35.9 Å². The number of hydrogen-bond donors (Lipinski definition) is 1. The molecule has 9 nitrogen and oxygen atoms in total. The van der Waals surface area contributed by atoms with Crippen LogP contribution in [0.4, 0.5) is 5.69 Å². The highest BCUT2D eigenvalue weighted by molar-refractivity contribution is 7.89. The van der Waals surface area contributed by atoms with E-state index in [1.54, 1.807) is 35.0 Å². The van der Waals surface area contributed by atoms with Crippen molar-refractivity contribution in [3.05, 3.63) is 59.1 Å². The summed E-state index contributed by atoms with van der Waals surface area (Å²) in [6, 6.07) is 9.63. The van der Waals surface area contributed by atoms with Crippen LogP contribution in [0.25, 0.3) is 15.7 Å². The van der Waals surface area contributed by atoms with E-state index in [2.05, 4.69) is 9.94 Å². The maximum absolute atomic E-state index is 13.4. The number of aromatic nitrogens is 2. The van der Waals surface area contributed by atoms with Crippen LogP contribution in [0, 0.1) is 19.4 Å². The van der Waals surface area contributed by atoms with Crippen LogP contribution >= 0.6 is 0 Å². The van der Waals surface area contributed by atoms with Gasteiger partial charge >= 0.3 is 5.97 Å². The Morgan fingerprint density at radius 3 is 2.54 bits per heavy atom. The molecule has 1 saturated heterocycles. The van der Waals surface area contributed by atoms with E-state index in [0.29, 0.717) is 34.6 Å². The molecule has 0 amide bonds. The number of nitrogens with zero attached hydrogens (tertiary/aromatic N) is 4. The molecule has 0 spiro atoms. The predicted octanol–water partition coefficient (Wildman–Crippen LogP) is 4.19. The Hall–Kier alpha value is -3.42. The number of benzene rings is 2. The summed E-state index contributed by atoms with van der Waals surface area (Å²) in [5, 5.41) is 14.6. The van der Waals surface area contributed by atoms with Crippen molar-refractivity contribution in [1.29, 1.82) is 0 Å². The van der Waals surface area contributed by atoms with Gasteiger partial charge in [0.25, 0.3) is 0 Å². The smallest absolute Gasteiger partial charge is 0.309 e. The number of carbonyl (C=O) groups is 1. The van der Waals surface area contributed by atoms with Crippen LogP contribution < -0.4 is 4.74 Å². The molecule has 3 aromatic rings. The van der Waals surface area contributed by atoms with Gasteiger partial charge in [-0.2, -0.15) is 9.40 Å². The van der Waals surface area contributed by atoms with E-state index in [1.165, 1.54) is 4.31 Å². The first-order chi connectivity index (χ1) is 16.5. The maximum atomic E-state index is 13.4. The van der Waals surface area contributed by atoms with Crippen molar-refractivity contribution >= 4 is 32.6 Å². The lowest BCUT2D eigenvalue weighted by Crippen LogP contribution is -2.29. The number of rotatable bonds is 7. The van der Waals surface area contributed by atoms with E-state index in [9.17, 15) is 18.3 Å². The SMILES string of the molecule is [C-]#[N+]c1cc2c(CC(=O)O)nn([C@H]3CN(S(=O)(=O)c4ccc(OC(C)C)cc4)C[C@H]3C)c2cc1C. The molecule has 35 heavy (non-hydrogen) atoms. The van der Waals surface area contributed by atoms with Crippen molar-refractivity contribution in [1.82, 2.24) is 14.1 Å². The summed E-state index contributed by atoms with van der Waals surface area (Å²) in [5.41, 5.74) is 2.27. The average Bonchev–Trinajstić information content (AvgIpc) is 3.33. The molecule has 4 rings (SSSR count). The Kier molecular flexibility index (Phi) is 6.58. The van der Waals surface area contributed by atoms with Crippen molar-refractivity contribution < 1.29 is 23.1 Å². The van der Waals surface area contributed by atoms with Gasteiger partial charge in [-0.3, -0.25) is 9.48 Å². The molecule has 1 aliphatic rings. The Morgan fingerprint density at radius 1 is 1.26 bits per heavy atom. The molecule has 1 fully saturated rings. The monoisotopic (exact) mass is 496 g/mol. The lowest BCUT2D eigenvalue weighted by atomic mass is 10.1. The van der Waals surface area contributed by atoms with Crippen molar-refractivity contribution in [3.8, 4) is 5.75 Å². The molecule has 0 aliphatic carbocycles. The van der Waals surface area contributed by atoms with Crippen LogP contribution in [0.15, 0.2) is 41.3 Å². The Labute approximate surface area is 204 Å². The fourth-order valence-electron chi connectivity index (χ4n) is 4.52. The summed E-state index contributed by atoms with van der Waals surface area (Å²) in [7, 11) is -3.74. The van der Waals surface area contributed by atoms with Gasteiger partial charge in [0.1, 0.15) is 5.75 Å². The van der Waals surface area contributed by atoms with Crippen LogP contribution in [0.3, 0.4) is 0 Å². The van der Waals surface area contributed by atoms with Crippen LogP contribution in [0.2, 0.25) is 0 Å². The molecule has 0 saturated carbocycles. The fraction of sp³-hybridized carbons (Fsp3) is 0.400. The molecule has 1 N–H and O–H groups in total. The minimum absolute atomic E-state index is 0.0120. The van der Waals surface area contributed by atoms with Crippen molar-refractivity contribution in [2.24, 2.45) is 5.92 Å². The van der Waals surface area contributed by atoms with Gasteiger partial charge in [0.05, 0.1) is 41.2 Å². The van der Waals surface area contributed by atoms with Crippen molar-refractivity contribution in [2.75, 3.05) is 13.1 Å². The Bertz CT molecular complexity index is 1420. The first-order valence-electron chi connectivity index (χ1n) is 11.4. The highest BCUT2D eigenvalue weighted by Crippen LogP contribution is 2.36. The van der Waals surface area contributed by atoms with E-state index in [0.717, 1.165) is 5.56 Å². The van der Waals surface area contributed by atoms with Gasteiger partial charge in [-0.15, -0.1) is 0 Å². The lowest BCUT2D eigenvalue weighted by Gasteiger charge is -2.18. The molecule has 2 atom stereocenters. The molecule has 2 heterocycles. The normalized spacial score (nSPS) is 18.7. The number of ether oxygens (including phenoxy) is 1. The van der Waals surface area contributed by atoms with E-state index >= 15 is 0 Å². The molecule has 1 aromatic heterocycles. The van der Waals surface area contributed by atoms with Crippen molar-refractivity contribution in [2.45, 2.75) is 51.2 Å². The zero-order valence-electron chi connectivity index (χ0n) is 20.1. The standard InChI is InChI=1S/C25H28N4O5S/c1-15(2)34-18-6-8-19(9-7-18)35(32,33)28-13-17(4)24(14-28)29-23-10-16(3)21(26-5)11-20(23)22(27-29)12-25(30)31/h6-11,15,17,24H,12-14H2,1-4H3,(H,30,31)/t17-,24+/m1/s1. The molecular weight excluding hydrogens is 468 g/mol. The largest absolute Gasteiger partial charge is 0.491 e. The third-order valence-corrected chi connectivity index (χ3v) is 8.07. The van der Waals surface area contributed by atoms with Gasteiger partial charge < -0.3 is 9.84 Å². The Balaban J connectivity index is 1.68. The molecular formula is C25H28N4O5S. The van der Waals surface area contributed by atoms with Gasteiger partial charge in [-0.05, 0) is 68.7 Å². The number of hydrogen-bond acceptors (Lipinski definition) is 5. The number of fused-ring (bicyclic) bond motifs is 1. The zero-order valence-corrected chi connectivity index (χ0v) is 20.9. The van der Waals surface area contributed by atoms with Crippen LogP contribution in [0.5, 0.6) is 5.75 Å². The topological polar surface area (TPSA) is 106 Å². The second-order valence-electron chi connectivity index (χ2n) is 9.23. The van der Waals surface area contributed by atoms with Crippen molar-refractivity contribution in [3.63, 3.8) is 0 Å². The second kappa shape index (κ2) is 9.32. The quantitative estimate of drug-likeness (QED) is 0.492. The molecule has 0 radical (unpaired) electrons. The first kappa shape index (κ1) is 24.7. The number of carboxylic acid groups (broad SMARTS) is 1. The molecule has 1 aliphatic heterocycles. The fourth-order valence-corrected chi connectivity index (χ4v) is 6.08. The first-order valence-corrected chi connectivity index (χ1v) is 12.8. The number of sulfonamides is 1. The molecule has 2 aromatic carbocycles. The maximum Gasteiger partial charge on any atom is 0.309 e. The summed E-state index contributed by atoms with van der Waals surface area (Å²) in [4.78, 5) is 15.2. The minimum Gasteiger partial charge on any atom is -0.491 e. The number of carboxylic acids is 1. The van der Waals surface area contributed by atoms with Gasteiger partial charge in [0.15, 0.2) is 5.69 Å². The van der Waals surface area contributed by atoms with E-state index < -0.39 is 16.0 Å². The lowest BCUT2D eigenvalue weighted by molar-refractivity contribution is -0.136. The van der Waals surface area contributed by atoms with Gasteiger partial charge in [0, 0.05) is 18.5 Å². The Morgan fingerprint density at radius 2 is 1.94 bits per heavy atom. The minimum atomic E-state index is -3.74. The van der Waals surface area contributed by atoms with E-state index in [4.69, 9.17) is 11.3 Å². The van der Waals surface area contributed by atoms with Crippen LogP contribution in [-0.2, 0) is 21.2 Å². The number of aryl methyl sites for hydroxylation is 1. The third-order valence-electron chi connectivity index (χ3n) is 6.23. The van der Waals surface area contributed by atoms with E-state index in [1.807, 2.05) is 33.8 Å². The molecule has 0 bridgehead atoms. The summed E-state index contributed by atoms with van der Waals surface area (Å²) in [6.07, 6.45) is -0.292. The molecule has 184 valence electrons. The summed E-state index contributed by atoms with van der Waals surface area (Å²) in [6.45, 7) is 15.5. The predicted molar refractivity (Wildman–Crippen MR) is 131 cm³/mol. The van der Waals surface area contributed by atoms with Gasteiger partial charge in [-0.1, -0.05) is 6.92 Å². The van der Waals surface area contributed by atoms with Gasteiger partial charge in [0.2, 0.25) is 10.0 Å². The van der Waals surface area contributed by atoms with Gasteiger partial charge in [-0.25, -0.2) is 13.3 Å². The summed E-state index contributed by atoms with van der Waals surface area (Å²) < 4.78 is 35.6. The summed E-state index contributed by atoms with van der Waals surface area (Å²) in [5.74, 6) is -0.472. The average molecular weight is 497 g/mol. The molecule has 0 unspecified atom stereocenters. The third kappa shape index (κ3) is 4.74. The van der Waals surface area contributed by atoms with Crippen LogP contribution in [-0.4, -0.2) is 52.8 Å². The second-order valence-corrected chi connectivity index (χ2v) is 11.2. The van der Waals surface area contributed by atoms with Crippen LogP contribution in [0.1, 0.15) is 38.1 Å². The summed E-state index contributed by atoms with van der Waals surface area (Å²) >= 11 is 0. The zero-order chi connectivity index (χ0) is 25.5. The molecule has 10 heteroatoms. The number of aliphatic carboxylic acids is 1.